The van der Waals surface area contributed by atoms with Crippen molar-refractivity contribution in [3.8, 4) is 11.5 Å². The van der Waals surface area contributed by atoms with Crippen LogP contribution in [0.4, 0.5) is 14.5 Å². The molecule has 1 N–H and O–H groups in total. The number of likely N-dealkylation sites (N-methyl/N-ethyl adjacent to an activating group) is 1. The summed E-state index contributed by atoms with van der Waals surface area (Å²) >= 11 is 0. The van der Waals surface area contributed by atoms with Crippen molar-refractivity contribution in [1.29, 1.82) is 0 Å². The molecule has 158 valence electrons. The fourth-order valence-electron chi connectivity index (χ4n) is 3.14. The second-order valence-electron chi connectivity index (χ2n) is 7.01. The van der Waals surface area contributed by atoms with E-state index in [1.54, 1.807) is 12.1 Å². The molecule has 0 unspecified atom stereocenters. The Labute approximate surface area is 174 Å². The molecule has 0 heterocycles. The van der Waals surface area contributed by atoms with Crippen molar-refractivity contribution in [1.82, 2.24) is 4.90 Å². The topological polar surface area (TPSA) is 50.8 Å². The number of nitrogens with zero attached hydrogens (tertiary/aromatic N) is 1. The first-order valence-electron chi connectivity index (χ1n) is 9.49. The van der Waals surface area contributed by atoms with E-state index in [1.165, 1.54) is 13.2 Å². The fourth-order valence-corrected chi connectivity index (χ4v) is 3.14. The maximum absolute atomic E-state index is 12.7. The second kappa shape index (κ2) is 9.54. The van der Waals surface area contributed by atoms with Gasteiger partial charge in [0.25, 0.3) is 0 Å². The van der Waals surface area contributed by atoms with E-state index in [-0.39, 0.29) is 17.4 Å². The molecule has 3 aromatic rings. The molecular weight excluding hydrogens is 390 g/mol. The monoisotopic (exact) mass is 414 g/mol. The molecular formula is C23H24F2N2O3. The minimum absolute atomic E-state index is 0.0269. The number of methoxy groups -OCH3 is 1. The van der Waals surface area contributed by atoms with Crippen LogP contribution >= 0.6 is 0 Å². The first-order valence-corrected chi connectivity index (χ1v) is 9.49. The van der Waals surface area contributed by atoms with Gasteiger partial charge < -0.3 is 14.8 Å². The fraction of sp³-hybridized carbons (Fsp3) is 0.261. The number of ether oxygens (including phenoxy) is 2. The number of anilines is 1. The summed E-state index contributed by atoms with van der Waals surface area (Å²) in [7, 11) is 3.21. The number of benzene rings is 3. The Morgan fingerprint density at radius 2 is 1.77 bits per heavy atom. The van der Waals surface area contributed by atoms with Crippen LogP contribution in [-0.4, -0.2) is 37.6 Å². The molecule has 0 saturated carbocycles. The molecule has 0 aliphatic rings. The van der Waals surface area contributed by atoms with Gasteiger partial charge in [0.05, 0.1) is 13.2 Å². The molecule has 0 fully saturated rings. The van der Waals surface area contributed by atoms with Gasteiger partial charge in [-0.05, 0) is 54.6 Å². The molecule has 3 rings (SSSR count). The molecule has 0 saturated heterocycles. The summed E-state index contributed by atoms with van der Waals surface area (Å²) in [5.41, 5.74) is 1.54. The zero-order chi connectivity index (χ0) is 21.7. The van der Waals surface area contributed by atoms with Gasteiger partial charge in [0.15, 0.2) is 11.5 Å². The number of rotatable bonds is 8. The minimum Gasteiger partial charge on any atom is -0.493 e. The molecule has 0 bridgehead atoms. The van der Waals surface area contributed by atoms with Gasteiger partial charge in [-0.2, -0.15) is 8.78 Å². The van der Waals surface area contributed by atoms with Crippen LogP contribution in [0, 0.1) is 0 Å². The van der Waals surface area contributed by atoms with Crippen LogP contribution in [0.2, 0.25) is 0 Å². The number of carbonyl (C=O) groups excluding carboxylic acids is 1. The quantitative estimate of drug-likeness (QED) is 0.569. The summed E-state index contributed by atoms with van der Waals surface area (Å²) < 4.78 is 34.5. The first-order chi connectivity index (χ1) is 14.4. The molecule has 0 aliphatic heterocycles. The minimum atomic E-state index is -2.92. The molecule has 0 aliphatic carbocycles. The van der Waals surface area contributed by atoms with Gasteiger partial charge in [0.2, 0.25) is 5.91 Å². The first kappa shape index (κ1) is 21.5. The van der Waals surface area contributed by atoms with Crippen LogP contribution in [-0.2, 0) is 11.3 Å². The second-order valence-corrected chi connectivity index (χ2v) is 7.01. The van der Waals surface area contributed by atoms with Crippen molar-refractivity contribution < 1.29 is 23.0 Å². The highest BCUT2D eigenvalue weighted by Crippen LogP contribution is 2.30. The summed E-state index contributed by atoms with van der Waals surface area (Å²) in [6, 6.07) is 18.0. The Balaban J connectivity index is 1.65. The van der Waals surface area contributed by atoms with Gasteiger partial charge in [0.1, 0.15) is 0 Å². The summed E-state index contributed by atoms with van der Waals surface area (Å²) in [6.45, 7) is -0.689. The number of hydrogen-bond acceptors (Lipinski definition) is 4. The number of nitrogens with one attached hydrogen (secondary N) is 1. The molecule has 1 amide bonds. The predicted octanol–water partition coefficient (Wildman–Crippen LogP) is 4.91. The van der Waals surface area contributed by atoms with E-state index in [9.17, 15) is 13.6 Å². The molecule has 30 heavy (non-hydrogen) atoms. The van der Waals surface area contributed by atoms with Crippen molar-refractivity contribution in [3.05, 3.63) is 66.2 Å². The van der Waals surface area contributed by atoms with Crippen LogP contribution in [0.25, 0.3) is 10.8 Å². The van der Waals surface area contributed by atoms with Gasteiger partial charge in [-0.1, -0.05) is 36.4 Å². The number of amides is 1. The summed E-state index contributed by atoms with van der Waals surface area (Å²) in [5.74, 6) is 0.0490. The smallest absolute Gasteiger partial charge is 0.387 e. The van der Waals surface area contributed by atoms with E-state index in [1.807, 2.05) is 61.3 Å². The lowest BCUT2D eigenvalue weighted by Gasteiger charge is -2.24. The number of halogens is 2. The summed E-state index contributed by atoms with van der Waals surface area (Å²) in [5, 5.41) is 5.10. The van der Waals surface area contributed by atoms with E-state index >= 15 is 0 Å². The average molecular weight is 414 g/mol. The zero-order valence-electron chi connectivity index (χ0n) is 17.1. The molecule has 1 atom stereocenters. The normalized spacial score (nSPS) is 12.2. The Kier molecular flexibility index (Phi) is 6.84. The third kappa shape index (κ3) is 5.24. The summed E-state index contributed by atoms with van der Waals surface area (Å²) in [4.78, 5) is 14.6. The van der Waals surface area contributed by atoms with Crippen molar-refractivity contribution in [2.24, 2.45) is 0 Å². The van der Waals surface area contributed by atoms with Gasteiger partial charge in [-0.3, -0.25) is 9.69 Å². The van der Waals surface area contributed by atoms with E-state index in [2.05, 4.69) is 10.1 Å². The lowest BCUT2D eigenvalue weighted by atomic mass is 10.1. The zero-order valence-corrected chi connectivity index (χ0v) is 17.1. The van der Waals surface area contributed by atoms with Gasteiger partial charge in [0, 0.05) is 12.2 Å². The maximum atomic E-state index is 12.7. The van der Waals surface area contributed by atoms with Crippen molar-refractivity contribution in [2.75, 3.05) is 19.5 Å². The average Bonchev–Trinajstić information content (AvgIpc) is 2.73. The number of fused-ring (bicyclic) bond motifs is 1. The molecule has 3 aromatic carbocycles. The van der Waals surface area contributed by atoms with Crippen molar-refractivity contribution >= 4 is 22.4 Å². The Hall–Kier alpha value is -3.19. The van der Waals surface area contributed by atoms with Crippen LogP contribution < -0.4 is 14.8 Å². The Bertz CT molecular complexity index is 1030. The van der Waals surface area contributed by atoms with E-state index < -0.39 is 12.7 Å². The lowest BCUT2D eigenvalue weighted by Crippen LogP contribution is -2.39. The largest absolute Gasteiger partial charge is 0.493 e. The van der Waals surface area contributed by atoms with Crippen LogP contribution in [0.3, 0.4) is 0 Å². The third-order valence-electron chi connectivity index (χ3n) is 4.93. The highest BCUT2D eigenvalue weighted by atomic mass is 19.3. The highest BCUT2D eigenvalue weighted by Gasteiger charge is 2.19. The Morgan fingerprint density at radius 3 is 2.47 bits per heavy atom. The van der Waals surface area contributed by atoms with Crippen molar-refractivity contribution in [2.45, 2.75) is 26.1 Å². The van der Waals surface area contributed by atoms with Crippen LogP contribution in [0.5, 0.6) is 11.5 Å². The number of alkyl halides is 2. The third-order valence-corrected chi connectivity index (χ3v) is 4.93. The van der Waals surface area contributed by atoms with Crippen molar-refractivity contribution in [3.63, 3.8) is 0 Å². The maximum Gasteiger partial charge on any atom is 0.387 e. The molecule has 0 spiro atoms. The van der Waals surface area contributed by atoms with E-state index in [4.69, 9.17) is 4.74 Å². The Morgan fingerprint density at radius 1 is 1.03 bits per heavy atom. The standard InChI is InChI=1S/C23H24F2N2O3/c1-15(22(28)26-19-10-9-17-6-4-5-7-18(17)13-19)27(2)14-16-8-11-20(30-23(24)25)21(12-16)29-3/h4-13,15,23H,14H2,1-3H3,(H,26,28)/t15-/m0/s1. The molecule has 0 radical (unpaired) electrons. The number of carbonyl (C=O) groups is 1. The van der Waals surface area contributed by atoms with E-state index in [0.717, 1.165) is 22.0 Å². The molecule has 7 heteroatoms. The van der Waals surface area contributed by atoms with Gasteiger partial charge in [-0.25, -0.2) is 0 Å². The molecule has 0 aromatic heterocycles. The predicted molar refractivity (Wildman–Crippen MR) is 113 cm³/mol. The van der Waals surface area contributed by atoms with Gasteiger partial charge >= 0.3 is 6.61 Å². The van der Waals surface area contributed by atoms with Gasteiger partial charge in [-0.15, -0.1) is 0 Å². The van der Waals surface area contributed by atoms with Crippen LogP contribution in [0.1, 0.15) is 12.5 Å². The number of hydrogen-bond donors (Lipinski definition) is 1. The summed E-state index contributed by atoms with van der Waals surface area (Å²) in [6.07, 6.45) is 0. The van der Waals surface area contributed by atoms with Crippen LogP contribution in [0.15, 0.2) is 60.7 Å². The van der Waals surface area contributed by atoms with E-state index in [0.29, 0.717) is 6.54 Å². The molecule has 5 nitrogen and oxygen atoms in total. The highest BCUT2D eigenvalue weighted by molar-refractivity contribution is 5.97. The SMILES string of the molecule is COc1cc(CN(C)[C@@H](C)C(=O)Nc2ccc3ccccc3c2)ccc1OC(F)F. The lowest BCUT2D eigenvalue weighted by molar-refractivity contribution is -0.120.